The van der Waals surface area contributed by atoms with Crippen molar-refractivity contribution in [2.45, 2.75) is 39.7 Å². The molecule has 0 aliphatic rings. The molecule has 0 aliphatic heterocycles. The number of carbonyl (C=O) groups is 2. The van der Waals surface area contributed by atoms with Gasteiger partial charge in [-0.1, -0.05) is 27.2 Å². The lowest BCUT2D eigenvalue weighted by molar-refractivity contribution is -0.140. The summed E-state index contributed by atoms with van der Waals surface area (Å²) in [6.45, 7) is 5.51. The molecule has 6 nitrogen and oxygen atoms in total. The summed E-state index contributed by atoms with van der Waals surface area (Å²) in [4.78, 5) is 22.8. The molecular weight excluding hydrogens is 234 g/mol. The first-order valence-corrected chi connectivity index (χ1v) is 6.03. The van der Waals surface area contributed by atoms with Crippen LogP contribution in [0.5, 0.6) is 0 Å². The number of nitrogens with one attached hydrogen (secondary N) is 2. The minimum absolute atomic E-state index is 0.180. The maximum absolute atomic E-state index is 11.8. The van der Waals surface area contributed by atoms with Crippen LogP contribution >= 0.6 is 0 Å². The molecule has 1 aromatic heterocycles. The second kappa shape index (κ2) is 6.18. The van der Waals surface area contributed by atoms with Crippen molar-refractivity contribution >= 4 is 11.9 Å². The standard InChI is InChI=1S/C12H19N3O3/c1-4-5-8-6-9(15-14-8)11(16)13-10(7(2)3)12(17)18/h6-7,10H,4-5H2,1-3H3,(H,13,16)(H,14,15)(H,17,18)/t10-/m0/s1. The third-order valence-corrected chi connectivity index (χ3v) is 2.60. The molecule has 0 fully saturated rings. The van der Waals surface area contributed by atoms with Gasteiger partial charge >= 0.3 is 5.97 Å². The predicted molar refractivity (Wildman–Crippen MR) is 66.3 cm³/mol. The molecule has 0 aliphatic carbocycles. The zero-order valence-electron chi connectivity index (χ0n) is 10.9. The van der Waals surface area contributed by atoms with Gasteiger partial charge in [0.1, 0.15) is 11.7 Å². The zero-order chi connectivity index (χ0) is 13.7. The molecule has 0 aromatic carbocycles. The smallest absolute Gasteiger partial charge is 0.326 e. The Hall–Kier alpha value is -1.85. The minimum Gasteiger partial charge on any atom is -0.480 e. The van der Waals surface area contributed by atoms with Gasteiger partial charge in [-0.25, -0.2) is 4.79 Å². The van der Waals surface area contributed by atoms with Crippen molar-refractivity contribution in [3.63, 3.8) is 0 Å². The van der Waals surface area contributed by atoms with Gasteiger partial charge in [-0.3, -0.25) is 9.89 Å². The summed E-state index contributed by atoms with van der Waals surface area (Å²) < 4.78 is 0. The summed E-state index contributed by atoms with van der Waals surface area (Å²) in [6, 6.07) is 0.752. The molecule has 3 N–H and O–H groups in total. The fourth-order valence-corrected chi connectivity index (χ4v) is 1.60. The van der Waals surface area contributed by atoms with Crippen molar-refractivity contribution in [2.75, 3.05) is 0 Å². The van der Waals surface area contributed by atoms with Gasteiger partial charge in [-0.2, -0.15) is 5.10 Å². The third kappa shape index (κ3) is 3.58. The van der Waals surface area contributed by atoms with E-state index in [4.69, 9.17) is 5.11 Å². The quantitative estimate of drug-likeness (QED) is 0.710. The largest absolute Gasteiger partial charge is 0.480 e. The predicted octanol–water partition coefficient (Wildman–Crippen LogP) is 1.20. The fourth-order valence-electron chi connectivity index (χ4n) is 1.60. The van der Waals surface area contributed by atoms with E-state index < -0.39 is 17.9 Å². The number of aryl methyl sites for hydroxylation is 1. The molecule has 0 unspecified atom stereocenters. The van der Waals surface area contributed by atoms with E-state index >= 15 is 0 Å². The molecule has 0 radical (unpaired) electrons. The number of nitrogens with zero attached hydrogens (tertiary/aromatic N) is 1. The van der Waals surface area contributed by atoms with E-state index in [1.165, 1.54) is 0 Å². The van der Waals surface area contributed by atoms with Crippen LogP contribution in [0.2, 0.25) is 0 Å². The van der Waals surface area contributed by atoms with Crippen molar-refractivity contribution in [1.29, 1.82) is 0 Å². The van der Waals surface area contributed by atoms with Crippen LogP contribution in [0.3, 0.4) is 0 Å². The number of aromatic amines is 1. The molecule has 6 heteroatoms. The van der Waals surface area contributed by atoms with Crippen LogP contribution in [-0.2, 0) is 11.2 Å². The summed E-state index contributed by atoms with van der Waals surface area (Å²) in [5.41, 5.74) is 1.10. The Morgan fingerprint density at radius 3 is 2.67 bits per heavy atom. The minimum atomic E-state index is -1.04. The lowest BCUT2D eigenvalue weighted by atomic mass is 10.0. The van der Waals surface area contributed by atoms with Crippen molar-refractivity contribution in [3.8, 4) is 0 Å². The molecular formula is C12H19N3O3. The van der Waals surface area contributed by atoms with Gasteiger partial charge in [-0.15, -0.1) is 0 Å². The van der Waals surface area contributed by atoms with Gasteiger partial charge in [0.15, 0.2) is 0 Å². The third-order valence-electron chi connectivity index (χ3n) is 2.60. The number of hydrogen-bond acceptors (Lipinski definition) is 3. The monoisotopic (exact) mass is 253 g/mol. The first-order valence-electron chi connectivity index (χ1n) is 6.03. The summed E-state index contributed by atoms with van der Waals surface area (Å²) >= 11 is 0. The van der Waals surface area contributed by atoms with Crippen LogP contribution in [0.1, 0.15) is 43.4 Å². The van der Waals surface area contributed by atoms with E-state index in [-0.39, 0.29) is 11.6 Å². The molecule has 100 valence electrons. The topological polar surface area (TPSA) is 95.1 Å². The van der Waals surface area contributed by atoms with Gasteiger partial charge in [0.05, 0.1) is 0 Å². The van der Waals surface area contributed by atoms with Crippen molar-refractivity contribution in [1.82, 2.24) is 15.5 Å². The number of hydrogen-bond donors (Lipinski definition) is 3. The second-order valence-corrected chi connectivity index (χ2v) is 4.56. The normalized spacial score (nSPS) is 12.4. The Bertz CT molecular complexity index is 426. The second-order valence-electron chi connectivity index (χ2n) is 4.56. The van der Waals surface area contributed by atoms with E-state index in [1.807, 2.05) is 6.92 Å². The average molecular weight is 253 g/mol. The van der Waals surface area contributed by atoms with E-state index in [2.05, 4.69) is 15.5 Å². The van der Waals surface area contributed by atoms with Crippen LogP contribution in [0.4, 0.5) is 0 Å². The number of carboxylic acids is 1. The molecule has 0 bridgehead atoms. The van der Waals surface area contributed by atoms with Crippen LogP contribution in [0.25, 0.3) is 0 Å². The average Bonchev–Trinajstić information content (AvgIpc) is 2.73. The number of aliphatic carboxylic acids is 1. The Balaban J connectivity index is 2.71. The van der Waals surface area contributed by atoms with E-state index in [9.17, 15) is 9.59 Å². The highest BCUT2D eigenvalue weighted by Gasteiger charge is 2.24. The van der Waals surface area contributed by atoms with Gasteiger partial charge in [0, 0.05) is 5.69 Å². The molecule has 1 atom stereocenters. The summed E-state index contributed by atoms with van der Waals surface area (Å²) in [5.74, 6) is -1.68. The highest BCUT2D eigenvalue weighted by molar-refractivity contribution is 5.95. The zero-order valence-corrected chi connectivity index (χ0v) is 10.9. The van der Waals surface area contributed by atoms with Crippen LogP contribution in [0, 0.1) is 5.92 Å². The van der Waals surface area contributed by atoms with Crippen LogP contribution in [0.15, 0.2) is 6.07 Å². The van der Waals surface area contributed by atoms with Crippen molar-refractivity contribution in [3.05, 3.63) is 17.5 Å². The molecule has 0 saturated heterocycles. The molecule has 18 heavy (non-hydrogen) atoms. The molecule has 1 rings (SSSR count). The molecule has 0 spiro atoms. The maximum Gasteiger partial charge on any atom is 0.326 e. The summed E-state index contributed by atoms with van der Waals surface area (Å²) in [7, 11) is 0. The first kappa shape index (κ1) is 14.2. The number of rotatable bonds is 6. The number of aromatic nitrogens is 2. The van der Waals surface area contributed by atoms with Crippen LogP contribution in [-0.4, -0.2) is 33.2 Å². The Morgan fingerprint density at radius 2 is 2.17 bits per heavy atom. The van der Waals surface area contributed by atoms with Gasteiger partial charge in [-0.05, 0) is 18.4 Å². The number of amides is 1. The lowest BCUT2D eigenvalue weighted by Crippen LogP contribution is -2.44. The number of carbonyl (C=O) groups excluding carboxylic acids is 1. The summed E-state index contributed by atoms with van der Waals surface area (Å²) in [5, 5.41) is 18.1. The summed E-state index contributed by atoms with van der Waals surface area (Å²) in [6.07, 6.45) is 1.76. The van der Waals surface area contributed by atoms with Crippen molar-refractivity contribution in [2.24, 2.45) is 5.92 Å². The Kier molecular flexibility index (Phi) is 4.88. The molecule has 1 aromatic rings. The van der Waals surface area contributed by atoms with Gasteiger partial charge < -0.3 is 10.4 Å². The maximum atomic E-state index is 11.8. The highest BCUT2D eigenvalue weighted by atomic mass is 16.4. The van der Waals surface area contributed by atoms with Crippen LogP contribution < -0.4 is 5.32 Å². The Labute approximate surface area is 106 Å². The number of H-pyrrole nitrogens is 1. The van der Waals surface area contributed by atoms with E-state index in [0.29, 0.717) is 0 Å². The molecule has 1 heterocycles. The Morgan fingerprint density at radius 1 is 1.50 bits per heavy atom. The molecule has 1 amide bonds. The lowest BCUT2D eigenvalue weighted by Gasteiger charge is -2.16. The van der Waals surface area contributed by atoms with Crippen molar-refractivity contribution < 1.29 is 14.7 Å². The van der Waals surface area contributed by atoms with E-state index in [1.54, 1.807) is 19.9 Å². The molecule has 0 saturated carbocycles. The van der Waals surface area contributed by atoms with E-state index in [0.717, 1.165) is 18.5 Å². The number of carboxylic acid groups (broad SMARTS) is 1. The SMILES string of the molecule is CCCc1cc(C(=O)N[C@H](C(=O)O)C(C)C)n[nH]1. The highest BCUT2D eigenvalue weighted by Crippen LogP contribution is 2.06. The van der Waals surface area contributed by atoms with Gasteiger partial charge in [0.25, 0.3) is 5.91 Å². The van der Waals surface area contributed by atoms with Gasteiger partial charge in [0.2, 0.25) is 0 Å². The fraction of sp³-hybridized carbons (Fsp3) is 0.583. The first-order chi connectivity index (χ1) is 8.45.